The Kier molecular flexibility index (Phi) is 6.90. The number of ether oxygens (including phenoxy) is 1. The highest BCUT2D eigenvalue weighted by atomic mass is 16.6. The molecule has 10 nitrogen and oxygen atoms in total. The molecule has 4 rings (SSSR count). The SMILES string of the molecule is COCCNC(=O)[C@H]1Cc2cc([N+](=O)[O-])ccc2N2CCN(CC(=O)N3CCCC3)C[C@H]12. The van der Waals surface area contributed by atoms with E-state index in [0.29, 0.717) is 45.8 Å². The topological polar surface area (TPSA) is 108 Å². The molecule has 1 aromatic carbocycles. The van der Waals surface area contributed by atoms with Crippen LogP contribution in [-0.2, 0) is 20.7 Å². The third-order valence-corrected chi connectivity index (χ3v) is 6.75. The highest BCUT2D eigenvalue weighted by molar-refractivity contribution is 5.82. The van der Waals surface area contributed by atoms with Crippen LogP contribution in [0, 0.1) is 16.0 Å². The first-order valence-corrected chi connectivity index (χ1v) is 11.3. The summed E-state index contributed by atoms with van der Waals surface area (Å²) in [6, 6.07) is 4.82. The number of hydrogen-bond donors (Lipinski definition) is 1. The van der Waals surface area contributed by atoms with Gasteiger partial charge in [-0.2, -0.15) is 0 Å². The van der Waals surface area contributed by atoms with E-state index in [-0.39, 0.29) is 29.5 Å². The number of benzene rings is 1. The summed E-state index contributed by atoms with van der Waals surface area (Å²) in [5, 5.41) is 14.2. The molecule has 3 aliphatic heterocycles. The number of amides is 2. The van der Waals surface area contributed by atoms with E-state index in [4.69, 9.17) is 4.74 Å². The lowest BCUT2D eigenvalue weighted by molar-refractivity contribution is -0.384. The van der Waals surface area contributed by atoms with Crippen LogP contribution in [-0.4, -0.2) is 92.1 Å². The Hall–Kier alpha value is -2.72. The molecule has 2 amide bonds. The molecule has 0 spiro atoms. The first-order valence-electron chi connectivity index (χ1n) is 11.3. The van der Waals surface area contributed by atoms with Gasteiger partial charge in [-0.05, 0) is 30.9 Å². The van der Waals surface area contributed by atoms with Crippen LogP contribution < -0.4 is 10.2 Å². The van der Waals surface area contributed by atoms with Crippen LogP contribution in [0.4, 0.5) is 11.4 Å². The highest BCUT2D eigenvalue weighted by Gasteiger charge is 2.42. The van der Waals surface area contributed by atoms with Crippen molar-refractivity contribution in [2.24, 2.45) is 5.92 Å². The van der Waals surface area contributed by atoms with Gasteiger partial charge in [0, 0.05) is 64.2 Å². The van der Waals surface area contributed by atoms with E-state index in [1.165, 1.54) is 6.07 Å². The molecule has 10 heteroatoms. The number of likely N-dealkylation sites (tertiary alicyclic amines) is 1. The fourth-order valence-corrected chi connectivity index (χ4v) is 5.09. The van der Waals surface area contributed by atoms with Crippen molar-refractivity contribution in [3.63, 3.8) is 0 Å². The molecule has 2 saturated heterocycles. The largest absolute Gasteiger partial charge is 0.383 e. The summed E-state index contributed by atoms with van der Waals surface area (Å²) in [4.78, 5) is 42.9. The van der Waals surface area contributed by atoms with Crippen LogP contribution >= 0.6 is 0 Å². The average molecular weight is 446 g/mol. The van der Waals surface area contributed by atoms with Gasteiger partial charge < -0.3 is 19.9 Å². The molecule has 1 aromatic rings. The van der Waals surface area contributed by atoms with E-state index in [1.54, 1.807) is 19.2 Å². The van der Waals surface area contributed by atoms with Crippen molar-refractivity contribution in [2.45, 2.75) is 25.3 Å². The molecular formula is C22H31N5O5. The molecule has 2 fully saturated rings. The van der Waals surface area contributed by atoms with E-state index in [0.717, 1.165) is 37.2 Å². The van der Waals surface area contributed by atoms with Gasteiger partial charge in [0.05, 0.1) is 30.0 Å². The van der Waals surface area contributed by atoms with E-state index >= 15 is 0 Å². The number of nitrogens with one attached hydrogen (secondary N) is 1. The van der Waals surface area contributed by atoms with E-state index in [9.17, 15) is 19.7 Å². The lowest BCUT2D eigenvalue weighted by Gasteiger charge is -2.49. The smallest absolute Gasteiger partial charge is 0.269 e. The molecule has 0 aromatic heterocycles. The second-order valence-electron chi connectivity index (χ2n) is 8.75. The summed E-state index contributed by atoms with van der Waals surface area (Å²) in [5.74, 6) is -0.281. The molecule has 0 radical (unpaired) electrons. The van der Waals surface area contributed by atoms with Crippen LogP contribution in [0.3, 0.4) is 0 Å². The number of nitro groups is 1. The van der Waals surface area contributed by atoms with Crippen molar-refractivity contribution in [1.82, 2.24) is 15.1 Å². The zero-order valence-electron chi connectivity index (χ0n) is 18.5. The van der Waals surface area contributed by atoms with Gasteiger partial charge in [0.2, 0.25) is 11.8 Å². The van der Waals surface area contributed by atoms with Gasteiger partial charge in [-0.25, -0.2) is 0 Å². The number of hydrogen-bond acceptors (Lipinski definition) is 7. The molecule has 3 aliphatic rings. The van der Waals surface area contributed by atoms with Crippen molar-refractivity contribution in [3.8, 4) is 0 Å². The van der Waals surface area contributed by atoms with Crippen molar-refractivity contribution >= 4 is 23.2 Å². The summed E-state index contributed by atoms with van der Waals surface area (Å²) < 4.78 is 5.04. The number of anilines is 1. The quantitative estimate of drug-likeness (QED) is 0.373. The maximum Gasteiger partial charge on any atom is 0.269 e. The monoisotopic (exact) mass is 445 g/mol. The second kappa shape index (κ2) is 9.83. The number of carbonyl (C=O) groups is 2. The zero-order valence-corrected chi connectivity index (χ0v) is 18.5. The van der Waals surface area contributed by atoms with Gasteiger partial charge in [-0.15, -0.1) is 0 Å². The van der Waals surface area contributed by atoms with E-state index < -0.39 is 4.92 Å². The Balaban J connectivity index is 1.54. The van der Waals surface area contributed by atoms with Gasteiger partial charge >= 0.3 is 0 Å². The van der Waals surface area contributed by atoms with Crippen LogP contribution in [0.25, 0.3) is 0 Å². The van der Waals surface area contributed by atoms with Gasteiger partial charge in [0.15, 0.2) is 0 Å². The number of rotatable bonds is 7. The average Bonchev–Trinajstić information content (AvgIpc) is 3.33. The molecule has 0 aliphatic carbocycles. The first kappa shape index (κ1) is 22.5. The van der Waals surface area contributed by atoms with E-state index in [1.807, 2.05) is 4.90 Å². The molecular weight excluding hydrogens is 414 g/mol. The van der Waals surface area contributed by atoms with Crippen molar-refractivity contribution in [2.75, 3.05) is 64.4 Å². The van der Waals surface area contributed by atoms with Gasteiger partial charge in [0.1, 0.15) is 0 Å². The lowest BCUT2D eigenvalue weighted by atomic mass is 9.83. The van der Waals surface area contributed by atoms with Crippen LogP contribution in [0.5, 0.6) is 0 Å². The molecule has 2 atom stereocenters. The Morgan fingerprint density at radius 3 is 2.72 bits per heavy atom. The molecule has 3 heterocycles. The molecule has 0 saturated carbocycles. The number of carbonyl (C=O) groups excluding carboxylic acids is 2. The van der Waals surface area contributed by atoms with Crippen molar-refractivity contribution in [3.05, 3.63) is 33.9 Å². The second-order valence-corrected chi connectivity index (χ2v) is 8.75. The minimum Gasteiger partial charge on any atom is -0.383 e. The summed E-state index contributed by atoms with van der Waals surface area (Å²) in [6.07, 6.45) is 2.56. The predicted octanol–water partition coefficient (Wildman–Crippen LogP) is 0.643. The summed E-state index contributed by atoms with van der Waals surface area (Å²) >= 11 is 0. The number of piperazine rings is 1. The maximum absolute atomic E-state index is 13.1. The first-order chi connectivity index (χ1) is 15.5. The minimum atomic E-state index is -0.401. The van der Waals surface area contributed by atoms with E-state index in [2.05, 4.69) is 15.1 Å². The van der Waals surface area contributed by atoms with Crippen LogP contribution in [0.1, 0.15) is 18.4 Å². The third kappa shape index (κ3) is 4.71. The Morgan fingerprint density at radius 1 is 1.22 bits per heavy atom. The highest BCUT2D eigenvalue weighted by Crippen LogP contribution is 2.37. The number of nitrogens with zero attached hydrogens (tertiary/aromatic N) is 4. The Morgan fingerprint density at radius 2 is 2.00 bits per heavy atom. The van der Waals surface area contributed by atoms with Crippen LogP contribution in [0.15, 0.2) is 18.2 Å². The van der Waals surface area contributed by atoms with Crippen molar-refractivity contribution < 1.29 is 19.2 Å². The van der Waals surface area contributed by atoms with Gasteiger partial charge in [0.25, 0.3) is 5.69 Å². The molecule has 0 bridgehead atoms. The third-order valence-electron chi connectivity index (χ3n) is 6.75. The van der Waals surface area contributed by atoms with Crippen molar-refractivity contribution in [1.29, 1.82) is 0 Å². The lowest BCUT2D eigenvalue weighted by Crippen LogP contribution is -2.62. The molecule has 174 valence electrons. The maximum atomic E-state index is 13.1. The fourth-order valence-electron chi connectivity index (χ4n) is 5.09. The molecule has 0 unspecified atom stereocenters. The predicted molar refractivity (Wildman–Crippen MR) is 119 cm³/mol. The fraction of sp³-hybridized carbons (Fsp3) is 0.636. The zero-order chi connectivity index (χ0) is 22.7. The minimum absolute atomic E-state index is 0.0376. The summed E-state index contributed by atoms with van der Waals surface area (Å²) in [7, 11) is 1.58. The number of fused-ring (bicyclic) bond motifs is 3. The Bertz CT molecular complexity index is 872. The molecule has 1 N–H and O–H groups in total. The molecule has 32 heavy (non-hydrogen) atoms. The van der Waals surface area contributed by atoms with Gasteiger partial charge in [-0.3, -0.25) is 24.6 Å². The number of nitro benzene ring substituents is 1. The Labute approximate surface area is 187 Å². The number of non-ortho nitro benzene ring substituents is 1. The van der Waals surface area contributed by atoms with Gasteiger partial charge in [-0.1, -0.05) is 0 Å². The summed E-state index contributed by atoms with van der Waals surface area (Å²) in [6.45, 7) is 4.86. The summed E-state index contributed by atoms with van der Waals surface area (Å²) in [5.41, 5.74) is 1.81. The normalized spacial score (nSPS) is 22.9. The standard InChI is InChI=1S/C22H31N5O5/c1-32-11-6-23-22(29)18-13-16-12-17(27(30)31)4-5-19(16)26-10-9-24(14-20(18)26)15-21(28)25-7-2-3-8-25/h4-5,12,18,20H,2-3,6-11,13-15H2,1H3,(H,23,29)/t18-,20+/m0/s1. The number of methoxy groups -OCH3 is 1. The van der Waals surface area contributed by atoms with Crippen LogP contribution in [0.2, 0.25) is 0 Å².